The maximum absolute atomic E-state index is 12.9. The van der Waals surface area contributed by atoms with E-state index in [1.165, 1.54) is 22.4 Å². The Morgan fingerprint density at radius 1 is 1.31 bits per heavy atom. The maximum atomic E-state index is 12.9. The Morgan fingerprint density at radius 2 is 2.07 bits per heavy atom. The number of aryl methyl sites for hydroxylation is 1. The summed E-state index contributed by atoms with van der Waals surface area (Å²) < 4.78 is 10.8. The third-order valence-corrected chi connectivity index (χ3v) is 7.23. The zero-order valence-corrected chi connectivity index (χ0v) is 18.1. The van der Waals surface area contributed by atoms with Crippen LogP contribution in [-0.2, 0) is 17.6 Å². The summed E-state index contributed by atoms with van der Waals surface area (Å²) in [6.45, 7) is 6.09. The summed E-state index contributed by atoms with van der Waals surface area (Å²) in [6, 6.07) is 10.4. The van der Waals surface area contributed by atoms with Crippen LogP contribution in [0.5, 0.6) is 5.75 Å². The van der Waals surface area contributed by atoms with Crippen LogP contribution in [0.15, 0.2) is 30.3 Å². The van der Waals surface area contributed by atoms with Gasteiger partial charge in [-0.3, -0.25) is 9.69 Å². The number of hydrogen-bond acceptors (Lipinski definition) is 5. The molecule has 1 aliphatic heterocycles. The van der Waals surface area contributed by atoms with Gasteiger partial charge in [0, 0.05) is 24.5 Å². The minimum atomic E-state index is 0.0452. The number of methoxy groups -OCH3 is 1. The van der Waals surface area contributed by atoms with Crippen molar-refractivity contribution in [2.24, 2.45) is 5.92 Å². The van der Waals surface area contributed by atoms with E-state index >= 15 is 0 Å². The average Bonchev–Trinajstić information content (AvgIpc) is 3.18. The van der Waals surface area contributed by atoms with E-state index in [1.54, 1.807) is 18.4 Å². The molecule has 1 aromatic heterocycles. The molecule has 29 heavy (non-hydrogen) atoms. The van der Waals surface area contributed by atoms with Gasteiger partial charge in [-0.25, -0.2) is 0 Å². The smallest absolute Gasteiger partial charge is 0.261 e. The predicted molar refractivity (Wildman–Crippen MR) is 116 cm³/mol. The van der Waals surface area contributed by atoms with Crippen molar-refractivity contribution in [2.75, 3.05) is 40.0 Å². The van der Waals surface area contributed by atoms with Crippen LogP contribution < -0.4 is 10.1 Å². The quantitative estimate of drug-likeness (QED) is 0.783. The molecule has 1 aromatic carbocycles. The molecule has 156 valence electrons. The molecule has 1 N–H and O–H groups in total. The van der Waals surface area contributed by atoms with Gasteiger partial charge in [0.1, 0.15) is 5.75 Å². The summed E-state index contributed by atoms with van der Waals surface area (Å²) in [5.74, 6) is 1.61. The predicted octanol–water partition coefficient (Wildman–Crippen LogP) is 3.68. The summed E-state index contributed by atoms with van der Waals surface area (Å²) >= 11 is 1.67. The normalized spacial score (nSPS) is 20.7. The first-order valence-electron chi connectivity index (χ1n) is 10.5. The van der Waals surface area contributed by atoms with Crippen molar-refractivity contribution >= 4 is 17.2 Å². The lowest BCUT2D eigenvalue weighted by atomic mass is 9.90. The van der Waals surface area contributed by atoms with Crippen LogP contribution in [0.2, 0.25) is 0 Å². The monoisotopic (exact) mass is 414 g/mol. The van der Waals surface area contributed by atoms with Gasteiger partial charge in [-0.15, -0.1) is 11.3 Å². The van der Waals surface area contributed by atoms with E-state index in [9.17, 15) is 4.79 Å². The van der Waals surface area contributed by atoms with E-state index < -0.39 is 0 Å². The van der Waals surface area contributed by atoms with Crippen LogP contribution >= 0.6 is 11.3 Å². The van der Waals surface area contributed by atoms with Crippen molar-refractivity contribution in [3.63, 3.8) is 0 Å². The second-order valence-electron chi connectivity index (χ2n) is 8.05. The molecule has 0 saturated carbocycles. The number of carbonyl (C=O) groups excluding carboxylic acids is 1. The molecule has 2 aliphatic rings. The molecule has 0 radical (unpaired) electrons. The van der Waals surface area contributed by atoms with Crippen molar-refractivity contribution in [3.05, 3.63) is 51.2 Å². The van der Waals surface area contributed by atoms with Crippen LogP contribution in [0.4, 0.5) is 0 Å². The van der Waals surface area contributed by atoms with E-state index in [4.69, 9.17) is 9.47 Å². The topological polar surface area (TPSA) is 50.8 Å². The molecule has 6 heteroatoms. The van der Waals surface area contributed by atoms with Gasteiger partial charge in [0.05, 0.1) is 31.2 Å². The van der Waals surface area contributed by atoms with Crippen LogP contribution in [0.3, 0.4) is 0 Å². The molecule has 1 fully saturated rings. The number of rotatable bonds is 6. The minimum Gasteiger partial charge on any atom is -0.497 e. The highest BCUT2D eigenvalue weighted by Crippen LogP contribution is 2.32. The number of nitrogens with one attached hydrogen (secondary N) is 1. The number of nitrogens with zero attached hydrogens (tertiary/aromatic N) is 1. The molecule has 2 aromatic rings. The molecular formula is C23H30N2O3S. The first-order valence-corrected chi connectivity index (χ1v) is 11.3. The Bertz CT molecular complexity index is 827. The number of thiophene rings is 1. The number of benzene rings is 1. The SMILES string of the molecule is COc1ccc([C@H](CNC(=O)c2cc3c(s2)CC[C@@H](C)C3)N2CCOCC2)cc1. The van der Waals surface area contributed by atoms with Crippen molar-refractivity contribution in [1.82, 2.24) is 10.2 Å². The fourth-order valence-electron chi connectivity index (χ4n) is 4.27. The second kappa shape index (κ2) is 9.28. The lowest BCUT2D eigenvalue weighted by Crippen LogP contribution is -2.43. The van der Waals surface area contributed by atoms with Gasteiger partial charge >= 0.3 is 0 Å². The zero-order valence-electron chi connectivity index (χ0n) is 17.3. The summed E-state index contributed by atoms with van der Waals surface area (Å²) in [4.78, 5) is 17.5. The summed E-state index contributed by atoms with van der Waals surface area (Å²) in [5.41, 5.74) is 2.56. The zero-order chi connectivity index (χ0) is 20.2. The van der Waals surface area contributed by atoms with Crippen LogP contribution in [0, 0.1) is 5.92 Å². The van der Waals surface area contributed by atoms with E-state index in [0.717, 1.165) is 49.8 Å². The first kappa shape index (κ1) is 20.4. The number of amides is 1. The summed E-state index contributed by atoms with van der Waals surface area (Å²) in [6.07, 6.45) is 3.43. The van der Waals surface area contributed by atoms with Gasteiger partial charge in [0.15, 0.2) is 0 Å². The Kier molecular flexibility index (Phi) is 6.53. The lowest BCUT2D eigenvalue weighted by molar-refractivity contribution is 0.0162. The molecule has 2 atom stereocenters. The molecule has 1 amide bonds. The highest BCUT2D eigenvalue weighted by Gasteiger charge is 2.25. The Labute approximate surface area is 177 Å². The van der Waals surface area contributed by atoms with Gasteiger partial charge in [-0.1, -0.05) is 19.1 Å². The Balaban J connectivity index is 1.46. The van der Waals surface area contributed by atoms with Crippen molar-refractivity contribution in [2.45, 2.75) is 32.2 Å². The first-order chi connectivity index (χ1) is 14.1. The van der Waals surface area contributed by atoms with Crippen molar-refractivity contribution in [1.29, 1.82) is 0 Å². The molecule has 2 heterocycles. The van der Waals surface area contributed by atoms with Crippen LogP contribution in [0.1, 0.15) is 45.1 Å². The molecule has 5 nitrogen and oxygen atoms in total. The van der Waals surface area contributed by atoms with Gasteiger partial charge < -0.3 is 14.8 Å². The van der Waals surface area contributed by atoms with Gasteiger partial charge in [0.2, 0.25) is 0 Å². The summed E-state index contributed by atoms with van der Waals surface area (Å²) in [7, 11) is 1.68. The lowest BCUT2D eigenvalue weighted by Gasteiger charge is -2.35. The minimum absolute atomic E-state index is 0.0452. The maximum Gasteiger partial charge on any atom is 0.261 e. The summed E-state index contributed by atoms with van der Waals surface area (Å²) in [5, 5.41) is 3.20. The van der Waals surface area contributed by atoms with Crippen molar-refractivity contribution < 1.29 is 14.3 Å². The number of ether oxygens (including phenoxy) is 2. The van der Waals surface area contributed by atoms with Gasteiger partial charge in [-0.2, -0.15) is 0 Å². The molecule has 4 rings (SSSR count). The standard InChI is InChI=1S/C23H30N2O3S/c1-16-3-8-21-18(13-16)14-22(29-21)23(26)24-15-20(25-9-11-28-12-10-25)17-4-6-19(27-2)7-5-17/h4-7,14,16,20H,3,8-13,15H2,1-2H3,(H,24,26)/t16-,20+/m1/s1. The Hall–Kier alpha value is -1.89. The van der Waals surface area contributed by atoms with Crippen LogP contribution in [0.25, 0.3) is 0 Å². The second-order valence-corrected chi connectivity index (χ2v) is 9.19. The molecule has 1 saturated heterocycles. The van der Waals surface area contributed by atoms with Crippen molar-refractivity contribution in [3.8, 4) is 5.75 Å². The van der Waals surface area contributed by atoms with E-state index in [-0.39, 0.29) is 11.9 Å². The third-order valence-electron chi connectivity index (χ3n) is 6.00. The largest absolute Gasteiger partial charge is 0.497 e. The molecular weight excluding hydrogens is 384 g/mol. The highest BCUT2D eigenvalue weighted by molar-refractivity contribution is 7.14. The molecule has 0 bridgehead atoms. The Morgan fingerprint density at radius 3 is 2.79 bits per heavy atom. The number of fused-ring (bicyclic) bond motifs is 1. The molecule has 1 aliphatic carbocycles. The molecule has 0 unspecified atom stereocenters. The van der Waals surface area contributed by atoms with Crippen LogP contribution in [-0.4, -0.2) is 50.8 Å². The number of carbonyl (C=O) groups is 1. The number of morpholine rings is 1. The van der Waals surface area contributed by atoms with Gasteiger partial charge in [-0.05, 0) is 54.5 Å². The van der Waals surface area contributed by atoms with Gasteiger partial charge in [0.25, 0.3) is 5.91 Å². The van der Waals surface area contributed by atoms with E-state index in [0.29, 0.717) is 12.5 Å². The molecule has 0 spiro atoms. The average molecular weight is 415 g/mol. The highest BCUT2D eigenvalue weighted by atomic mass is 32.1. The third kappa shape index (κ3) is 4.82. The van der Waals surface area contributed by atoms with E-state index in [2.05, 4.69) is 35.3 Å². The van der Waals surface area contributed by atoms with E-state index in [1.807, 2.05) is 12.1 Å². The number of hydrogen-bond donors (Lipinski definition) is 1. The fourth-order valence-corrected chi connectivity index (χ4v) is 5.39. The fraction of sp³-hybridized carbons (Fsp3) is 0.522.